The number of aliphatic hydroxyl groups excluding tert-OH is 1. The second-order valence-corrected chi connectivity index (χ2v) is 7.25. The summed E-state index contributed by atoms with van der Waals surface area (Å²) in [6, 6.07) is 20.0. The van der Waals surface area contributed by atoms with Crippen LogP contribution in [0.25, 0.3) is 0 Å². The summed E-state index contributed by atoms with van der Waals surface area (Å²) in [6.45, 7) is 3.07. The number of hydrogen-bond donors (Lipinski definition) is 1. The number of ether oxygens (including phenoxy) is 4. The molecule has 1 heterocycles. The fourth-order valence-electron chi connectivity index (χ4n) is 3.91. The van der Waals surface area contributed by atoms with Gasteiger partial charge in [0.15, 0.2) is 0 Å². The molecule has 5 heteroatoms. The first-order valence-electron chi connectivity index (χ1n) is 9.46. The van der Waals surface area contributed by atoms with Gasteiger partial charge in [0.05, 0.1) is 25.4 Å². The first-order chi connectivity index (χ1) is 13.2. The Morgan fingerprint density at radius 3 is 1.93 bits per heavy atom. The Morgan fingerprint density at radius 2 is 1.33 bits per heavy atom. The summed E-state index contributed by atoms with van der Waals surface area (Å²) in [5.41, 5.74) is 2.16. The molecule has 1 saturated carbocycles. The SMILES string of the molecule is C[C@@H]1[C@@H](O)[C@H](OCc2ccccc2)[C@H]2OCO[C@@H]1C2OCc1ccccc1. The first kappa shape index (κ1) is 18.6. The molecule has 1 N–H and O–H groups in total. The minimum Gasteiger partial charge on any atom is -0.390 e. The Balaban J connectivity index is 1.47. The van der Waals surface area contributed by atoms with Crippen molar-refractivity contribution in [3.63, 3.8) is 0 Å². The van der Waals surface area contributed by atoms with Crippen molar-refractivity contribution in [1.29, 1.82) is 0 Å². The van der Waals surface area contributed by atoms with E-state index in [4.69, 9.17) is 18.9 Å². The quantitative estimate of drug-likeness (QED) is 0.847. The van der Waals surface area contributed by atoms with Crippen LogP contribution in [-0.2, 0) is 32.2 Å². The number of aliphatic hydroxyl groups is 1. The van der Waals surface area contributed by atoms with E-state index in [0.717, 1.165) is 11.1 Å². The highest BCUT2D eigenvalue weighted by Crippen LogP contribution is 2.37. The van der Waals surface area contributed by atoms with E-state index in [1.165, 1.54) is 0 Å². The van der Waals surface area contributed by atoms with Crippen LogP contribution in [0.3, 0.4) is 0 Å². The van der Waals surface area contributed by atoms with Gasteiger partial charge in [-0.15, -0.1) is 0 Å². The van der Waals surface area contributed by atoms with E-state index >= 15 is 0 Å². The first-order valence-corrected chi connectivity index (χ1v) is 9.46. The van der Waals surface area contributed by atoms with Crippen LogP contribution in [0, 0.1) is 5.92 Å². The van der Waals surface area contributed by atoms with E-state index < -0.39 is 12.2 Å². The van der Waals surface area contributed by atoms with Crippen LogP contribution < -0.4 is 0 Å². The lowest BCUT2D eigenvalue weighted by atomic mass is 9.78. The van der Waals surface area contributed by atoms with Gasteiger partial charge in [-0.1, -0.05) is 67.6 Å². The Morgan fingerprint density at radius 1 is 0.815 bits per heavy atom. The minimum absolute atomic E-state index is 0.105. The Bertz CT molecular complexity index is 662. The molecule has 27 heavy (non-hydrogen) atoms. The number of hydrogen-bond acceptors (Lipinski definition) is 5. The standard InChI is InChI=1S/C22H26O5/c1-15-18(23)20(24-12-16-8-4-2-5-9-16)22-21(19(15)26-14-27-22)25-13-17-10-6-3-7-11-17/h2-11,15,18-23H,12-14H2,1H3/t15-,18-,19+,20+,21?,22-/m1/s1. The van der Waals surface area contributed by atoms with Gasteiger partial charge in [-0.2, -0.15) is 0 Å². The van der Waals surface area contributed by atoms with E-state index in [2.05, 4.69) is 0 Å². The van der Waals surface area contributed by atoms with Crippen molar-refractivity contribution in [2.45, 2.75) is 50.7 Å². The molecule has 2 aromatic rings. The van der Waals surface area contributed by atoms with Gasteiger partial charge in [0.25, 0.3) is 0 Å². The molecular formula is C22H26O5. The third-order valence-electron chi connectivity index (χ3n) is 5.46. The summed E-state index contributed by atoms with van der Waals surface area (Å²) in [5.74, 6) is -0.105. The summed E-state index contributed by atoms with van der Waals surface area (Å²) in [5, 5.41) is 10.8. The van der Waals surface area contributed by atoms with Crippen LogP contribution in [-0.4, -0.2) is 42.4 Å². The summed E-state index contributed by atoms with van der Waals surface area (Å²) >= 11 is 0. The minimum atomic E-state index is -0.666. The summed E-state index contributed by atoms with van der Waals surface area (Å²) < 4.78 is 23.9. The number of benzene rings is 2. The van der Waals surface area contributed by atoms with E-state index in [1.807, 2.05) is 67.6 Å². The maximum Gasteiger partial charge on any atom is 0.147 e. The average Bonchev–Trinajstić information content (AvgIpc) is 2.72. The lowest BCUT2D eigenvalue weighted by Crippen LogP contribution is -2.66. The molecule has 1 saturated heterocycles. The molecule has 0 amide bonds. The fraction of sp³-hybridized carbons (Fsp3) is 0.455. The molecular weight excluding hydrogens is 344 g/mol. The van der Waals surface area contributed by atoms with Crippen molar-refractivity contribution in [3.8, 4) is 0 Å². The van der Waals surface area contributed by atoms with Gasteiger partial charge in [-0.3, -0.25) is 0 Å². The zero-order valence-corrected chi connectivity index (χ0v) is 15.4. The molecule has 1 aliphatic carbocycles. The predicted molar refractivity (Wildman–Crippen MR) is 99.8 cm³/mol. The second kappa shape index (κ2) is 8.50. The summed E-state index contributed by atoms with van der Waals surface area (Å²) in [4.78, 5) is 0. The van der Waals surface area contributed by atoms with Crippen molar-refractivity contribution in [2.75, 3.05) is 6.79 Å². The molecule has 4 rings (SSSR count). The van der Waals surface area contributed by atoms with Crippen molar-refractivity contribution >= 4 is 0 Å². The van der Waals surface area contributed by atoms with Crippen LogP contribution in [0.5, 0.6) is 0 Å². The number of fused-ring (bicyclic) bond motifs is 2. The lowest BCUT2D eigenvalue weighted by molar-refractivity contribution is -0.322. The molecule has 2 fully saturated rings. The molecule has 2 aromatic carbocycles. The zero-order chi connectivity index (χ0) is 18.6. The van der Waals surface area contributed by atoms with E-state index in [0.29, 0.717) is 13.2 Å². The molecule has 1 unspecified atom stereocenters. The normalized spacial score (nSPS) is 33.0. The van der Waals surface area contributed by atoms with Crippen LogP contribution >= 0.6 is 0 Å². The van der Waals surface area contributed by atoms with E-state index in [1.54, 1.807) is 0 Å². The van der Waals surface area contributed by atoms with Gasteiger partial charge in [-0.25, -0.2) is 0 Å². The van der Waals surface area contributed by atoms with Crippen LogP contribution in [0.4, 0.5) is 0 Å². The van der Waals surface area contributed by atoms with Crippen LogP contribution in [0.1, 0.15) is 18.1 Å². The third kappa shape index (κ3) is 4.08. The maximum absolute atomic E-state index is 10.8. The van der Waals surface area contributed by atoms with Gasteiger partial charge >= 0.3 is 0 Å². The molecule has 144 valence electrons. The highest BCUT2D eigenvalue weighted by atomic mass is 16.7. The Labute approximate surface area is 159 Å². The smallest absolute Gasteiger partial charge is 0.147 e. The zero-order valence-electron chi connectivity index (χ0n) is 15.4. The molecule has 5 nitrogen and oxygen atoms in total. The summed E-state index contributed by atoms with van der Waals surface area (Å²) in [6.07, 6.45) is -1.97. The topological polar surface area (TPSA) is 57.2 Å². The second-order valence-electron chi connectivity index (χ2n) is 7.25. The van der Waals surface area contributed by atoms with Crippen molar-refractivity contribution in [1.82, 2.24) is 0 Å². The molecule has 0 aromatic heterocycles. The van der Waals surface area contributed by atoms with Crippen molar-refractivity contribution in [3.05, 3.63) is 71.8 Å². The monoisotopic (exact) mass is 370 g/mol. The average molecular weight is 370 g/mol. The molecule has 0 radical (unpaired) electrons. The molecule has 2 aliphatic rings. The highest BCUT2D eigenvalue weighted by molar-refractivity contribution is 5.15. The lowest BCUT2D eigenvalue weighted by Gasteiger charge is -2.50. The van der Waals surface area contributed by atoms with Gasteiger partial charge in [-0.05, 0) is 11.1 Å². The van der Waals surface area contributed by atoms with Gasteiger partial charge in [0, 0.05) is 5.92 Å². The van der Waals surface area contributed by atoms with E-state index in [-0.39, 0.29) is 31.0 Å². The molecule has 2 bridgehead atoms. The fourth-order valence-corrected chi connectivity index (χ4v) is 3.91. The van der Waals surface area contributed by atoms with Gasteiger partial charge in [0.2, 0.25) is 0 Å². The van der Waals surface area contributed by atoms with Gasteiger partial charge < -0.3 is 24.1 Å². The Hall–Kier alpha value is -1.76. The maximum atomic E-state index is 10.8. The van der Waals surface area contributed by atoms with E-state index in [9.17, 15) is 5.11 Å². The molecule has 0 spiro atoms. The molecule has 1 aliphatic heterocycles. The summed E-state index contributed by atoms with van der Waals surface area (Å²) in [7, 11) is 0. The third-order valence-corrected chi connectivity index (χ3v) is 5.46. The van der Waals surface area contributed by atoms with Crippen molar-refractivity contribution < 1.29 is 24.1 Å². The predicted octanol–water partition coefficient (Wildman–Crippen LogP) is 2.91. The van der Waals surface area contributed by atoms with Crippen molar-refractivity contribution in [2.24, 2.45) is 5.92 Å². The van der Waals surface area contributed by atoms with Crippen LogP contribution in [0.15, 0.2) is 60.7 Å². The largest absolute Gasteiger partial charge is 0.390 e. The van der Waals surface area contributed by atoms with Crippen LogP contribution in [0.2, 0.25) is 0 Å². The Kier molecular flexibility index (Phi) is 5.86. The molecule has 6 atom stereocenters. The number of rotatable bonds is 6. The highest BCUT2D eigenvalue weighted by Gasteiger charge is 2.53. The van der Waals surface area contributed by atoms with Gasteiger partial charge in [0.1, 0.15) is 25.1 Å².